The van der Waals surface area contributed by atoms with Crippen molar-refractivity contribution in [1.29, 1.82) is 0 Å². The van der Waals surface area contributed by atoms with Crippen LogP contribution in [0, 0.1) is 0 Å². The van der Waals surface area contributed by atoms with Gasteiger partial charge in [0.1, 0.15) is 0 Å². The fourth-order valence-corrected chi connectivity index (χ4v) is 9.58. The zero-order valence-electron chi connectivity index (χ0n) is 34.6. The third-order valence-corrected chi connectivity index (χ3v) is 12.9. The minimum Gasteiger partial charge on any atom is -1.00 e. The van der Waals surface area contributed by atoms with E-state index in [9.17, 15) is 0 Å². The molecule has 57 heavy (non-hydrogen) atoms. The quantitative estimate of drug-likeness (QED) is 0.105. The summed E-state index contributed by atoms with van der Waals surface area (Å²) in [6.07, 6.45) is 4.77. The molecule has 2 heterocycles. The molecule has 0 spiro atoms. The molecule has 8 rings (SSSR count). The summed E-state index contributed by atoms with van der Waals surface area (Å²) in [4.78, 5) is 5.72. The van der Waals surface area contributed by atoms with E-state index in [1.54, 1.807) is 0 Å². The molecule has 292 valence electrons. The molecule has 0 saturated carbocycles. The Labute approximate surface area is 381 Å². The minimum absolute atomic E-state index is 0. The molecular weight excluding hydrogens is 938 g/mol. The normalized spacial score (nSPS) is 11.4. The van der Waals surface area contributed by atoms with Crippen LogP contribution in [0.4, 0.5) is 0 Å². The summed E-state index contributed by atoms with van der Waals surface area (Å²) in [6.45, 7) is 18.1. The number of fused-ring (bicyclic) bond motifs is 2. The fraction of sp³-hybridized carbons (Fsp3) is 0.269. The third kappa shape index (κ3) is 10.8. The van der Waals surface area contributed by atoms with Gasteiger partial charge in [-0.3, -0.25) is 0 Å². The van der Waals surface area contributed by atoms with E-state index in [2.05, 4.69) is 189 Å². The number of hydrogen-bond acceptors (Lipinski definition) is 2. The first-order valence-corrected chi connectivity index (χ1v) is 21.3. The molecule has 0 amide bonds. The van der Waals surface area contributed by atoms with Gasteiger partial charge in [0, 0.05) is 0 Å². The van der Waals surface area contributed by atoms with Gasteiger partial charge in [-0.2, -0.15) is 22.7 Å². The summed E-state index contributed by atoms with van der Waals surface area (Å²) in [5, 5.41) is 5.35. The number of hydrogen-bond donors (Lipinski definition) is 0. The maximum absolute atomic E-state index is 2.36. The van der Waals surface area contributed by atoms with Crippen molar-refractivity contribution in [3.05, 3.63) is 154 Å². The Morgan fingerprint density at radius 1 is 0.474 bits per heavy atom. The smallest absolute Gasteiger partial charge is 1.00 e. The van der Waals surface area contributed by atoms with Crippen molar-refractivity contribution in [1.82, 2.24) is 0 Å². The number of rotatable bonds is 8. The largest absolute Gasteiger partial charge is 4.00 e. The van der Waals surface area contributed by atoms with Crippen LogP contribution in [0.25, 0.3) is 64.7 Å². The molecular formula is C52H54Cl2HfS2. The van der Waals surface area contributed by atoms with Crippen molar-refractivity contribution in [2.24, 2.45) is 0 Å². The molecule has 2 aromatic heterocycles. The van der Waals surface area contributed by atoms with Gasteiger partial charge in [0.2, 0.25) is 0 Å². The molecule has 0 aliphatic rings. The zero-order chi connectivity index (χ0) is 38.0. The van der Waals surface area contributed by atoms with E-state index in [1.807, 2.05) is 22.7 Å². The fourth-order valence-electron chi connectivity index (χ4n) is 7.38. The Morgan fingerprint density at radius 3 is 1.18 bits per heavy atom. The maximum atomic E-state index is 2.36. The summed E-state index contributed by atoms with van der Waals surface area (Å²) in [5.41, 5.74) is 11.1. The monoisotopic (exact) mass is 992 g/mol. The van der Waals surface area contributed by atoms with E-state index in [-0.39, 0.29) is 61.5 Å². The first kappa shape index (κ1) is 46.6. The summed E-state index contributed by atoms with van der Waals surface area (Å²) in [7, 11) is 0. The van der Waals surface area contributed by atoms with E-state index in [0.29, 0.717) is 0 Å². The summed E-state index contributed by atoms with van der Waals surface area (Å²) in [5.74, 6) is 0. The Bertz CT molecular complexity index is 2300. The molecule has 0 aliphatic heterocycles. The van der Waals surface area contributed by atoms with Gasteiger partial charge in [-0.25, -0.2) is 0 Å². The Kier molecular flexibility index (Phi) is 16.2. The van der Waals surface area contributed by atoms with Crippen molar-refractivity contribution in [2.45, 2.75) is 91.9 Å². The Hall–Kier alpha value is -3.05. The summed E-state index contributed by atoms with van der Waals surface area (Å²) < 4.78 is 0. The van der Waals surface area contributed by atoms with Gasteiger partial charge in [0.25, 0.3) is 0 Å². The SMILES string of the molecule is CCCc1ccc(-c2cc3c(-c4ccc(C(C)(C)C)cc4)cccc3[cH-]2)s1.CCCc1ccc(-c2cc3c(-c4ccc(C(C)(C)C)cc4)cccc3[cH-]2)s1.[Cl-].[Cl-].[Hf+4]. The molecule has 5 heteroatoms. The topological polar surface area (TPSA) is 0 Å². The average Bonchev–Trinajstić information content (AvgIpc) is 3.97. The van der Waals surface area contributed by atoms with Crippen molar-refractivity contribution >= 4 is 44.2 Å². The van der Waals surface area contributed by atoms with Gasteiger partial charge < -0.3 is 24.8 Å². The van der Waals surface area contributed by atoms with Crippen LogP contribution in [-0.4, -0.2) is 0 Å². The van der Waals surface area contributed by atoms with E-state index in [1.165, 1.54) is 111 Å². The van der Waals surface area contributed by atoms with Crippen LogP contribution < -0.4 is 24.8 Å². The van der Waals surface area contributed by atoms with Gasteiger partial charge in [-0.1, -0.05) is 176 Å². The van der Waals surface area contributed by atoms with E-state index in [4.69, 9.17) is 0 Å². The van der Waals surface area contributed by atoms with Crippen molar-refractivity contribution < 1.29 is 50.7 Å². The minimum atomic E-state index is 0. The molecule has 0 N–H and O–H groups in total. The van der Waals surface area contributed by atoms with Crippen LogP contribution in [0.3, 0.4) is 0 Å². The number of thiophene rings is 2. The second-order valence-corrected chi connectivity index (χ2v) is 19.1. The van der Waals surface area contributed by atoms with Gasteiger partial charge >= 0.3 is 25.8 Å². The molecule has 0 radical (unpaired) electrons. The van der Waals surface area contributed by atoms with Crippen LogP contribution in [0.2, 0.25) is 0 Å². The molecule has 0 aliphatic carbocycles. The van der Waals surface area contributed by atoms with Crippen molar-refractivity contribution in [3.8, 4) is 43.1 Å². The van der Waals surface area contributed by atoms with Crippen LogP contribution in [0.15, 0.2) is 133 Å². The Morgan fingerprint density at radius 2 is 0.842 bits per heavy atom. The Balaban J connectivity index is 0.000000240. The third-order valence-electron chi connectivity index (χ3n) is 10.5. The molecule has 6 aromatic carbocycles. The number of halogens is 2. The molecule has 0 atom stereocenters. The first-order valence-electron chi connectivity index (χ1n) is 19.7. The van der Waals surface area contributed by atoms with E-state index >= 15 is 0 Å². The molecule has 8 aromatic rings. The standard InChI is InChI=1S/2C26H27S.2ClH.Hf/c2*1-5-7-22-14-15-25(27-22)20-16-19-8-6-9-23(24(19)17-20)18-10-12-21(13-11-18)26(2,3)4;;;/h2*6,8-17H,5,7H2,1-4H3;2*1H;/q2*-1;;;+4/p-2. The summed E-state index contributed by atoms with van der Waals surface area (Å²) >= 11 is 3.86. The average molecular weight is 993 g/mol. The summed E-state index contributed by atoms with van der Waals surface area (Å²) in [6, 6.07) is 50.0. The van der Waals surface area contributed by atoms with Gasteiger partial charge in [0.15, 0.2) is 0 Å². The molecule has 0 nitrogen and oxygen atoms in total. The van der Waals surface area contributed by atoms with Crippen LogP contribution in [-0.2, 0) is 49.5 Å². The molecule has 0 saturated heterocycles. The zero-order valence-corrected chi connectivity index (χ0v) is 41.3. The predicted molar refractivity (Wildman–Crippen MR) is 242 cm³/mol. The van der Waals surface area contributed by atoms with E-state index in [0.717, 1.165) is 0 Å². The predicted octanol–water partition coefficient (Wildman–Crippen LogP) is 10.4. The van der Waals surface area contributed by atoms with Gasteiger partial charge in [-0.05, 0) is 65.4 Å². The van der Waals surface area contributed by atoms with Crippen molar-refractivity contribution in [3.63, 3.8) is 0 Å². The van der Waals surface area contributed by atoms with Crippen LogP contribution in [0.5, 0.6) is 0 Å². The van der Waals surface area contributed by atoms with Crippen LogP contribution in [0.1, 0.15) is 89.1 Å². The number of benzene rings is 4. The molecule has 0 fully saturated rings. The molecule has 0 bridgehead atoms. The van der Waals surface area contributed by atoms with Gasteiger partial charge in [0.05, 0.1) is 0 Å². The first-order chi connectivity index (χ1) is 25.9. The van der Waals surface area contributed by atoms with E-state index < -0.39 is 0 Å². The second kappa shape index (κ2) is 19.8. The number of aryl methyl sites for hydroxylation is 2. The van der Waals surface area contributed by atoms with Gasteiger partial charge in [-0.15, -0.1) is 69.1 Å². The van der Waals surface area contributed by atoms with Crippen molar-refractivity contribution in [2.75, 3.05) is 0 Å². The second-order valence-electron chi connectivity index (χ2n) is 16.8. The van der Waals surface area contributed by atoms with Crippen LogP contribution >= 0.6 is 22.7 Å². The molecule has 0 unspecified atom stereocenters. The maximum Gasteiger partial charge on any atom is 4.00 e.